The Hall–Kier alpha value is -2.80. The summed E-state index contributed by atoms with van der Waals surface area (Å²) in [7, 11) is 0. The van der Waals surface area contributed by atoms with Crippen LogP contribution in [0, 0.1) is 11.3 Å². The van der Waals surface area contributed by atoms with E-state index in [-0.39, 0.29) is 24.6 Å². The third-order valence-electron chi connectivity index (χ3n) is 5.04. The van der Waals surface area contributed by atoms with Crippen LogP contribution in [-0.2, 0) is 11.2 Å². The molecule has 1 aliphatic heterocycles. The molecule has 1 aromatic heterocycles. The van der Waals surface area contributed by atoms with Crippen molar-refractivity contribution in [3.63, 3.8) is 0 Å². The van der Waals surface area contributed by atoms with Gasteiger partial charge in [-0.3, -0.25) is 10.2 Å². The first-order valence-electron chi connectivity index (χ1n) is 9.67. The van der Waals surface area contributed by atoms with Crippen molar-refractivity contribution in [2.75, 3.05) is 24.6 Å². The number of nitrogens with zero attached hydrogens (tertiary/aromatic N) is 3. The molecule has 0 saturated carbocycles. The molecule has 0 aliphatic carbocycles. The fourth-order valence-electron chi connectivity index (χ4n) is 3.52. The molecule has 4 N–H and O–H groups in total. The highest BCUT2D eigenvalue weighted by atomic mass is 16.3. The summed E-state index contributed by atoms with van der Waals surface area (Å²) in [6.07, 6.45) is 6.75. The number of aromatic nitrogens is 2. The summed E-state index contributed by atoms with van der Waals surface area (Å²) in [5.41, 5.74) is 8.27. The average Bonchev–Trinajstić information content (AvgIpc) is 2.72. The highest BCUT2D eigenvalue weighted by Crippen LogP contribution is 2.23. The molecule has 1 saturated heterocycles. The van der Waals surface area contributed by atoms with Gasteiger partial charge in [-0.05, 0) is 36.3 Å². The average molecular weight is 381 g/mol. The summed E-state index contributed by atoms with van der Waals surface area (Å²) in [5.74, 6) is 0.885. The van der Waals surface area contributed by atoms with Gasteiger partial charge in [-0.25, -0.2) is 9.97 Å². The number of benzene rings is 1. The fraction of sp³-hybridized carbons (Fsp3) is 0.429. The van der Waals surface area contributed by atoms with E-state index in [1.54, 1.807) is 0 Å². The van der Waals surface area contributed by atoms with Crippen LogP contribution in [-0.4, -0.2) is 46.4 Å². The molecule has 0 bridgehead atoms. The van der Waals surface area contributed by atoms with Crippen LogP contribution in [0.3, 0.4) is 0 Å². The number of hydrogen-bond donors (Lipinski definition) is 3. The fourth-order valence-corrected chi connectivity index (χ4v) is 3.52. The number of aliphatic hydroxyl groups excluding tert-OH is 1. The molecule has 0 spiro atoms. The number of amidine groups is 1. The number of ketones is 1. The van der Waals surface area contributed by atoms with Crippen molar-refractivity contribution in [2.45, 2.75) is 32.1 Å². The molecule has 148 valence electrons. The van der Waals surface area contributed by atoms with Crippen molar-refractivity contribution in [1.29, 1.82) is 5.41 Å². The zero-order valence-electron chi connectivity index (χ0n) is 16.0. The van der Waals surface area contributed by atoms with Gasteiger partial charge in [-0.15, -0.1) is 0 Å². The first kappa shape index (κ1) is 19.9. The molecule has 1 fully saturated rings. The van der Waals surface area contributed by atoms with Gasteiger partial charge >= 0.3 is 0 Å². The summed E-state index contributed by atoms with van der Waals surface area (Å²) in [5, 5.41) is 16.6. The van der Waals surface area contributed by atoms with Crippen LogP contribution in [0.5, 0.6) is 0 Å². The summed E-state index contributed by atoms with van der Waals surface area (Å²) in [6.45, 7) is 1.91. The van der Waals surface area contributed by atoms with Gasteiger partial charge in [-0.1, -0.05) is 24.3 Å². The van der Waals surface area contributed by atoms with Gasteiger partial charge in [0, 0.05) is 44.1 Å². The Bertz CT molecular complexity index is 822. The van der Waals surface area contributed by atoms with Crippen LogP contribution < -0.4 is 10.6 Å². The van der Waals surface area contributed by atoms with Crippen molar-refractivity contribution in [3.8, 4) is 11.1 Å². The number of anilines is 1. The lowest BCUT2D eigenvalue weighted by atomic mass is 9.99. The molecule has 3 rings (SSSR count). The first-order chi connectivity index (χ1) is 13.5. The van der Waals surface area contributed by atoms with Gasteiger partial charge in [0.2, 0.25) is 5.95 Å². The quantitative estimate of drug-likeness (QED) is 0.477. The standard InChI is InChI=1S/C21H27N5O2/c22-20(23)10-19(28)7-6-15-3-1-5-17(9-15)18-11-24-21(25-12-18)26-8-2-4-16(13-26)14-27/h1,3,5,9,11-12,16,27H,2,4,6-8,10,13-14H2,(H3,22,23). The number of nitrogens with two attached hydrogens (primary N) is 1. The van der Waals surface area contributed by atoms with Crippen molar-refractivity contribution < 1.29 is 9.90 Å². The number of carbonyl (C=O) groups is 1. The number of piperidine rings is 1. The molecule has 1 atom stereocenters. The van der Waals surface area contributed by atoms with Gasteiger partial charge in [0.1, 0.15) is 5.78 Å². The van der Waals surface area contributed by atoms with E-state index in [0.717, 1.165) is 42.6 Å². The van der Waals surface area contributed by atoms with E-state index in [1.807, 2.05) is 36.7 Å². The van der Waals surface area contributed by atoms with E-state index in [4.69, 9.17) is 11.1 Å². The minimum atomic E-state index is -0.0880. The molecule has 0 amide bonds. The van der Waals surface area contributed by atoms with Crippen LogP contribution in [0.4, 0.5) is 5.95 Å². The Morgan fingerprint density at radius 2 is 2.07 bits per heavy atom. The minimum Gasteiger partial charge on any atom is -0.396 e. The number of hydrogen-bond acceptors (Lipinski definition) is 6. The topological polar surface area (TPSA) is 116 Å². The molecule has 1 unspecified atom stereocenters. The summed E-state index contributed by atoms with van der Waals surface area (Å²) in [4.78, 5) is 22.9. The number of nitrogens with one attached hydrogen (secondary N) is 1. The normalized spacial score (nSPS) is 16.8. The number of aliphatic hydroxyl groups is 1. The highest BCUT2D eigenvalue weighted by molar-refractivity contribution is 5.98. The van der Waals surface area contributed by atoms with E-state index in [0.29, 0.717) is 24.7 Å². The maximum atomic E-state index is 11.8. The van der Waals surface area contributed by atoms with E-state index >= 15 is 0 Å². The maximum Gasteiger partial charge on any atom is 0.225 e. The zero-order valence-corrected chi connectivity index (χ0v) is 16.0. The molecule has 7 heteroatoms. The Balaban J connectivity index is 1.65. The predicted molar refractivity (Wildman–Crippen MR) is 109 cm³/mol. The van der Waals surface area contributed by atoms with E-state index < -0.39 is 0 Å². The maximum absolute atomic E-state index is 11.8. The van der Waals surface area contributed by atoms with Gasteiger partial charge in [-0.2, -0.15) is 0 Å². The zero-order chi connectivity index (χ0) is 19.9. The minimum absolute atomic E-state index is 0.0165. The lowest BCUT2D eigenvalue weighted by molar-refractivity contribution is -0.117. The van der Waals surface area contributed by atoms with Crippen molar-refractivity contribution in [2.24, 2.45) is 11.7 Å². The Kier molecular flexibility index (Phi) is 6.71. The van der Waals surface area contributed by atoms with Gasteiger partial charge < -0.3 is 15.7 Å². The smallest absolute Gasteiger partial charge is 0.225 e. The summed E-state index contributed by atoms with van der Waals surface area (Å²) < 4.78 is 0. The lowest BCUT2D eigenvalue weighted by Gasteiger charge is -2.31. The van der Waals surface area contributed by atoms with E-state index in [9.17, 15) is 9.90 Å². The molecular formula is C21H27N5O2. The lowest BCUT2D eigenvalue weighted by Crippen LogP contribution is -2.37. The second kappa shape index (κ2) is 9.41. The second-order valence-corrected chi connectivity index (χ2v) is 7.35. The third kappa shape index (κ3) is 5.36. The molecule has 7 nitrogen and oxygen atoms in total. The van der Waals surface area contributed by atoms with Gasteiger partial charge in [0.25, 0.3) is 0 Å². The van der Waals surface area contributed by atoms with Crippen LogP contribution >= 0.6 is 0 Å². The molecule has 0 radical (unpaired) electrons. The van der Waals surface area contributed by atoms with Crippen LogP contribution in [0.1, 0.15) is 31.2 Å². The summed E-state index contributed by atoms with van der Waals surface area (Å²) >= 11 is 0. The Labute approximate surface area is 165 Å². The van der Waals surface area contributed by atoms with Gasteiger partial charge in [0.15, 0.2) is 0 Å². The molecule has 2 heterocycles. The third-order valence-corrected chi connectivity index (χ3v) is 5.04. The molecular weight excluding hydrogens is 354 g/mol. The van der Waals surface area contributed by atoms with Crippen molar-refractivity contribution in [3.05, 3.63) is 42.2 Å². The number of aryl methyl sites for hydroxylation is 1. The summed E-state index contributed by atoms with van der Waals surface area (Å²) in [6, 6.07) is 8.00. The second-order valence-electron chi connectivity index (χ2n) is 7.35. The predicted octanol–water partition coefficient (Wildman–Crippen LogP) is 2.18. The van der Waals surface area contributed by atoms with Crippen LogP contribution in [0.25, 0.3) is 11.1 Å². The van der Waals surface area contributed by atoms with Crippen molar-refractivity contribution >= 4 is 17.6 Å². The van der Waals surface area contributed by atoms with Gasteiger partial charge in [0.05, 0.1) is 12.3 Å². The molecule has 1 aliphatic rings. The number of Topliss-reactive ketones (excluding diaryl/α,β-unsaturated/α-hetero) is 1. The van der Waals surface area contributed by atoms with E-state index in [2.05, 4.69) is 14.9 Å². The Morgan fingerprint density at radius 1 is 1.29 bits per heavy atom. The van der Waals surface area contributed by atoms with Crippen LogP contribution in [0.2, 0.25) is 0 Å². The molecule has 1 aromatic carbocycles. The largest absolute Gasteiger partial charge is 0.396 e. The monoisotopic (exact) mass is 381 g/mol. The number of carbonyl (C=O) groups excluding carboxylic acids is 1. The molecule has 2 aromatic rings. The molecule has 28 heavy (non-hydrogen) atoms. The SMILES string of the molecule is N=C(N)CC(=O)CCc1cccc(-c2cnc(N3CCCC(CO)C3)nc2)c1. The highest BCUT2D eigenvalue weighted by Gasteiger charge is 2.21. The van der Waals surface area contributed by atoms with Crippen molar-refractivity contribution in [1.82, 2.24) is 9.97 Å². The van der Waals surface area contributed by atoms with Crippen LogP contribution in [0.15, 0.2) is 36.7 Å². The van der Waals surface area contributed by atoms with E-state index in [1.165, 1.54) is 0 Å². The Morgan fingerprint density at radius 3 is 2.79 bits per heavy atom. The number of rotatable bonds is 8. The first-order valence-corrected chi connectivity index (χ1v) is 9.67.